The van der Waals surface area contributed by atoms with Gasteiger partial charge in [0.05, 0.1) is 0 Å². The highest BCUT2D eigenvalue weighted by Crippen LogP contribution is 2.03. The Balaban J connectivity index is 4.15. The molecular weight excluding hydrogens is 164 g/mol. The maximum atomic E-state index is 11.9. The molecule has 2 nitrogen and oxygen atoms in total. The molecule has 0 atom stereocenters. The summed E-state index contributed by atoms with van der Waals surface area (Å²) in [5.41, 5.74) is 0.700. The molecule has 0 N–H and O–H groups in total. The van der Waals surface area contributed by atoms with Crippen molar-refractivity contribution in [3.8, 4) is 0 Å². The number of hydrogen-bond donors (Lipinski definition) is 0. The van der Waals surface area contributed by atoms with Crippen molar-refractivity contribution in [3.05, 3.63) is 12.2 Å². The van der Waals surface area contributed by atoms with E-state index in [1.54, 1.807) is 13.8 Å². The Bertz CT molecular complexity index is 180. The summed E-state index contributed by atoms with van der Waals surface area (Å²) in [7, 11) is 0. The molecule has 0 unspecified atom stereocenters. The van der Waals surface area contributed by atoms with Crippen LogP contribution in [0.1, 0.15) is 13.8 Å². The minimum atomic E-state index is -2.91. The van der Waals surface area contributed by atoms with Crippen LogP contribution in [0, 0.1) is 0 Å². The molecule has 0 aromatic carbocycles. The van der Waals surface area contributed by atoms with Gasteiger partial charge in [-0.25, -0.2) is 0 Å². The number of rotatable bonds is 4. The lowest BCUT2D eigenvalue weighted by Crippen LogP contribution is -2.36. The lowest BCUT2D eigenvalue weighted by molar-refractivity contribution is -0.142. The summed E-state index contributed by atoms with van der Waals surface area (Å²) in [6.07, 6.45) is -2.91. The smallest absolute Gasteiger partial charge is 0.315 e. The predicted molar refractivity (Wildman–Crippen MR) is 43.1 cm³/mol. The fourth-order valence-electron chi connectivity index (χ4n) is 0.809. The number of halogens is 2. The predicted octanol–water partition coefficient (Wildman–Crippen LogP) is 1.68. The number of hydrogen-bond acceptors (Lipinski definition) is 1. The normalized spacial score (nSPS) is 10.1. The van der Waals surface area contributed by atoms with Gasteiger partial charge in [-0.05, 0) is 13.8 Å². The topological polar surface area (TPSA) is 20.3 Å². The van der Waals surface area contributed by atoms with E-state index in [1.165, 1.54) is 0 Å². The van der Waals surface area contributed by atoms with Crippen LogP contribution in [0.25, 0.3) is 0 Å². The zero-order chi connectivity index (χ0) is 9.72. The number of nitrogens with zero attached hydrogens (tertiary/aromatic N) is 1. The first-order valence-corrected chi connectivity index (χ1v) is 3.70. The molecule has 0 radical (unpaired) electrons. The highest BCUT2D eigenvalue weighted by molar-refractivity contribution is 5.79. The minimum Gasteiger partial charge on any atom is -0.334 e. The third-order valence-corrected chi connectivity index (χ3v) is 1.34. The van der Waals surface area contributed by atoms with Crippen LogP contribution >= 0.6 is 0 Å². The molecule has 0 aliphatic heterocycles. The largest absolute Gasteiger partial charge is 0.334 e. The van der Waals surface area contributed by atoms with Crippen molar-refractivity contribution in [2.75, 3.05) is 13.1 Å². The molecule has 12 heavy (non-hydrogen) atoms. The van der Waals surface area contributed by atoms with Gasteiger partial charge in [-0.15, -0.1) is 0 Å². The third-order valence-electron chi connectivity index (χ3n) is 1.34. The van der Waals surface area contributed by atoms with E-state index >= 15 is 0 Å². The van der Waals surface area contributed by atoms with Gasteiger partial charge in [0, 0.05) is 13.1 Å². The summed E-state index contributed by atoms with van der Waals surface area (Å²) in [6.45, 7) is 7.39. The van der Waals surface area contributed by atoms with Crippen molar-refractivity contribution in [1.82, 2.24) is 4.90 Å². The van der Waals surface area contributed by atoms with Crippen LogP contribution in [0.2, 0.25) is 0 Å². The molecule has 0 aromatic rings. The van der Waals surface area contributed by atoms with Crippen molar-refractivity contribution >= 4 is 5.91 Å². The molecule has 0 saturated carbocycles. The molecule has 0 rings (SSSR count). The highest BCUT2D eigenvalue weighted by atomic mass is 19.3. The van der Waals surface area contributed by atoms with Gasteiger partial charge in [-0.2, -0.15) is 8.78 Å². The summed E-state index contributed by atoms with van der Waals surface area (Å²) < 4.78 is 23.8. The Kier molecular flexibility index (Phi) is 4.47. The molecule has 70 valence electrons. The van der Waals surface area contributed by atoms with E-state index < -0.39 is 12.3 Å². The van der Waals surface area contributed by atoms with E-state index in [2.05, 4.69) is 6.58 Å². The minimum absolute atomic E-state index is 0.208. The quantitative estimate of drug-likeness (QED) is 0.598. The molecule has 4 heteroatoms. The number of alkyl halides is 2. The second-order valence-electron chi connectivity index (χ2n) is 2.61. The van der Waals surface area contributed by atoms with Gasteiger partial charge in [0.2, 0.25) is 0 Å². The molecule has 0 saturated heterocycles. The molecular formula is C8H13F2NO. The molecule has 0 aliphatic rings. The average Bonchev–Trinajstić information content (AvgIpc) is 1.98. The van der Waals surface area contributed by atoms with Crippen LogP contribution in [0.5, 0.6) is 0 Å². The van der Waals surface area contributed by atoms with E-state index in [1.807, 2.05) is 0 Å². The lowest BCUT2D eigenvalue weighted by Gasteiger charge is -2.19. The SMILES string of the molecule is C=C(C)CN(CC)C(=O)C(F)F. The Morgan fingerprint density at radius 3 is 2.33 bits per heavy atom. The van der Waals surface area contributed by atoms with Gasteiger partial charge in [0.25, 0.3) is 5.91 Å². The fourth-order valence-corrected chi connectivity index (χ4v) is 0.809. The van der Waals surface area contributed by atoms with Crippen molar-refractivity contribution < 1.29 is 13.6 Å². The first kappa shape index (κ1) is 11.1. The van der Waals surface area contributed by atoms with E-state index in [9.17, 15) is 13.6 Å². The monoisotopic (exact) mass is 177 g/mol. The summed E-state index contributed by atoms with van der Waals surface area (Å²) in [5, 5.41) is 0. The van der Waals surface area contributed by atoms with Crippen molar-refractivity contribution in [2.45, 2.75) is 20.3 Å². The van der Waals surface area contributed by atoms with Gasteiger partial charge in [-0.3, -0.25) is 4.79 Å². The fraction of sp³-hybridized carbons (Fsp3) is 0.625. The van der Waals surface area contributed by atoms with Gasteiger partial charge in [0.1, 0.15) is 0 Å². The number of amides is 1. The zero-order valence-corrected chi connectivity index (χ0v) is 7.31. The van der Waals surface area contributed by atoms with E-state index in [0.29, 0.717) is 5.57 Å². The second kappa shape index (κ2) is 4.85. The molecule has 0 fully saturated rings. The molecule has 0 aliphatic carbocycles. The average molecular weight is 177 g/mol. The van der Waals surface area contributed by atoms with E-state index in [4.69, 9.17) is 0 Å². The Morgan fingerprint density at radius 2 is 2.08 bits per heavy atom. The zero-order valence-electron chi connectivity index (χ0n) is 7.31. The standard InChI is InChI=1S/C8H13F2NO/c1-4-11(5-6(2)3)8(12)7(9)10/h7H,2,4-5H2,1,3H3. The Morgan fingerprint density at radius 1 is 1.58 bits per heavy atom. The summed E-state index contributed by atoms with van der Waals surface area (Å²) in [5.74, 6) is -1.12. The van der Waals surface area contributed by atoms with Crippen LogP contribution in [0.3, 0.4) is 0 Å². The molecule has 0 bridgehead atoms. The van der Waals surface area contributed by atoms with E-state index in [0.717, 1.165) is 4.90 Å². The first-order chi connectivity index (χ1) is 5.49. The lowest BCUT2D eigenvalue weighted by atomic mass is 10.3. The Hall–Kier alpha value is -0.930. The number of likely N-dealkylation sites (N-methyl/N-ethyl adjacent to an activating group) is 1. The summed E-state index contributed by atoms with van der Waals surface area (Å²) >= 11 is 0. The van der Waals surface area contributed by atoms with Crippen molar-refractivity contribution in [1.29, 1.82) is 0 Å². The van der Waals surface area contributed by atoms with Gasteiger partial charge >= 0.3 is 6.43 Å². The number of carbonyl (C=O) groups excluding carboxylic acids is 1. The molecule has 0 spiro atoms. The number of carbonyl (C=O) groups is 1. The van der Waals surface area contributed by atoms with Crippen LogP contribution in [-0.2, 0) is 4.79 Å². The molecule has 1 amide bonds. The van der Waals surface area contributed by atoms with Crippen LogP contribution in [0.4, 0.5) is 8.78 Å². The van der Waals surface area contributed by atoms with Crippen molar-refractivity contribution in [2.24, 2.45) is 0 Å². The summed E-state index contributed by atoms with van der Waals surface area (Å²) in [6, 6.07) is 0. The van der Waals surface area contributed by atoms with Gasteiger partial charge in [0.15, 0.2) is 0 Å². The molecule has 0 aromatic heterocycles. The Labute approximate surface area is 70.9 Å². The van der Waals surface area contributed by atoms with Crippen LogP contribution in [-0.4, -0.2) is 30.3 Å². The maximum absolute atomic E-state index is 11.9. The second-order valence-corrected chi connectivity index (χ2v) is 2.61. The van der Waals surface area contributed by atoms with Crippen LogP contribution in [0.15, 0.2) is 12.2 Å². The maximum Gasteiger partial charge on any atom is 0.315 e. The van der Waals surface area contributed by atoms with Crippen LogP contribution < -0.4 is 0 Å². The third kappa shape index (κ3) is 3.46. The van der Waals surface area contributed by atoms with Gasteiger partial charge < -0.3 is 4.90 Å². The van der Waals surface area contributed by atoms with E-state index in [-0.39, 0.29) is 13.1 Å². The molecule has 0 heterocycles. The van der Waals surface area contributed by atoms with Gasteiger partial charge in [-0.1, -0.05) is 12.2 Å². The summed E-state index contributed by atoms with van der Waals surface area (Å²) in [4.78, 5) is 11.8. The van der Waals surface area contributed by atoms with Crippen molar-refractivity contribution in [3.63, 3.8) is 0 Å². The highest BCUT2D eigenvalue weighted by Gasteiger charge is 2.21. The first-order valence-electron chi connectivity index (χ1n) is 3.70.